The maximum atomic E-state index is 4.22. The number of hydrogen-bond acceptors (Lipinski definition) is 3. The topological polar surface area (TPSA) is 58.9 Å². The Labute approximate surface area is 73.4 Å². The molecule has 0 saturated heterocycles. The fourth-order valence-electron chi connectivity index (χ4n) is 1.53. The monoisotopic (exact) mass is 173 g/mol. The summed E-state index contributed by atoms with van der Waals surface area (Å²) in [6.07, 6.45) is 5.32. The molecular weight excluding hydrogens is 166 g/mol. The van der Waals surface area contributed by atoms with E-state index in [9.17, 15) is 0 Å². The summed E-state index contributed by atoms with van der Waals surface area (Å²) >= 11 is 0. The molecule has 0 aliphatic carbocycles. The molecule has 64 valence electrons. The first-order chi connectivity index (χ1) is 6.36. The number of H-pyrrole nitrogens is 1. The van der Waals surface area contributed by atoms with E-state index in [-0.39, 0.29) is 0 Å². The smallest absolute Gasteiger partial charge is 0.179 e. The van der Waals surface area contributed by atoms with Gasteiger partial charge in [0.1, 0.15) is 6.33 Å². The quantitative estimate of drug-likeness (QED) is 0.549. The van der Waals surface area contributed by atoms with Crippen LogP contribution in [0.3, 0.4) is 0 Å². The number of aryl methyl sites for hydroxylation is 1. The predicted octanol–water partition coefficient (Wildman–Crippen LogP) is 0.914. The molecular formula is C8H7N5. The van der Waals surface area contributed by atoms with Gasteiger partial charge in [0.2, 0.25) is 0 Å². The summed E-state index contributed by atoms with van der Waals surface area (Å²) < 4.78 is 1.92. The first-order valence-corrected chi connectivity index (χ1v) is 3.99. The van der Waals surface area contributed by atoms with E-state index in [1.54, 1.807) is 12.5 Å². The molecule has 0 bridgehead atoms. The maximum absolute atomic E-state index is 4.22. The first-order valence-electron chi connectivity index (χ1n) is 3.99. The molecule has 1 N–H and O–H groups in total. The summed E-state index contributed by atoms with van der Waals surface area (Å²) in [5, 5.41) is 7.76. The molecule has 0 spiro atoms. The Balaban J connectivity index is 2.70. The fourth-order valence-corrected chi connectivity index (χ4v) is 1.53. The van der Waals surface area contributed by atoms with Crippen LogP contribution in [0.2, 0.25) is 0 Å². The summed E-state index contributed by atoms with van der Waals surface area (Å²) in [5.41, 5.74) is 3.83. The van der Waals surface area contributed by atoms with Crippen molar-refractivity contribution in [2.45, 2.75) is 6.92 Å². The van der Waals surface area contributed by atoms with Crippen molar-refractivity contribution in [1.82, 2.24) is 24.6 Å². The lowest BCUT2D eigenvalue weighted by Gasteiger charge is -1.94. The molecule has 3 aromatic heterocycles. The number of aromatic nitrogens is 5. The highest BCUT2D eigenvalue weighted by Gasteiger charge is 2.05. The third kappa shape index (κ3) is 0.729. The van der Waals surface area contributed by atoms with Crippen molar-refractivity contribution >= 4 is 16.8 Å². The van der Waals surface area contributed by atoms with Crippen molar-refractivity contribution in [1.29, 1.82) is 0 Å². The molecule has 0 aliphatic heterocycles. The normalized spacial score (nSPS) is 11.5. The van der Waals surface area contributed by atoms with E-state index in [0.29, 0.717) is 0 Å². The average Bonchev–Trinajstić information content (AvgIpc) is 2.70. The molecule has 0 unspecified atom stereocenters. The first kappa shape index (κ1) is 6.59. The Morgan fingerprint density at radius 1 is 1.46 bits per heavy atom. The van der Waals surface area contributed by atoms with E-state index in [2.05, 4.69) is 20.2 Å². The van der Waals surface area contributed by atoms with Gasteiger partial charge in [-0.1, -0.05) is 0 Å². The van der Waals surface area contributed by atoms with Gasteiger partial charge in [-0.2, -0.15) is 0 Å². The van der Waals surface area contributed by atoms with Gasteiger partial charge in [-0.3, -0.25) is 4.40 Å². The van der Waals surface area contributed by atoms with Gasteiger partial charge in [0, 0.05) is 6.20 Å². The minimum atomic E-state index is 0.773. The van der Waals surface area contributed by atoms with E-state index in [1.807, 2.05) is 17.5 Å². The lowest BCUT2D eigenvalue weighted by molar-refractivity contribution is 1.11. The lowest BCUT2D eigenvalue weighted by Crippen LogP contribution is -1.88. The zero-order chi connectivity index (χ0) is 8.84. The summed E-state index contributed by atoms with van der Waals surface area (Å²) in [7, 11) is 0. The summed E-state index contributed by atoms with van der Waals surface area (Å²) in [4.78, 5) is 7.31. The molecule has 0 fully saturated rings. The van der Waals surface area contributed by atoms with Gasteiger partial charge in [0.15, 0.2) is 11.3 Å². The van der Waals surface area contributed by atoms with E-state index in [4.69, 9.17) is 0 Å². The summed E-state index contributed by atoms with van der Waals surface area (Å²) in [6.45, 7) is 2.03. The second-order valence-corrected chi connectivity index (χ2v) is 2.99. The largest absolute Gasteiger partial charge is 0.345 e. The number of rotatable bonds is 0. The molecule has 0 amide bonds. The van der Waals surface area contributed by atoms with Gasteiger partial charge >= 0.3 is 0 Å². The molecule has 5 heteroatoms. The SMILES string of the molecule is Cc1c[nH]c2ncc3nncn3c12. The van der Waals surface area contributed by atoms with Crippen LogP contribution in [-0.2, 0) is 0 Å². The van der Waals surface area contributed by atoms with E-state index in [1.165, 1.54) is 0 Å². The predicted molar refractivity (Wildman–Crippen MR) is 47.4 cm³/mol. The van der Waals surface area contributed by atoms with Crippen LogP contribution in [0.25, 0.3) is 16.8 Å². The zero-order valence-corrected chi connectivity index (χ0v) is 7.02. The van der Waals surface area contributed by atoms with Crippen molar-refractivity contribution in [3.63, 3.8) is 0 Å². The zero-order valence-electron chi connectivity index (χ0n) is 7.02. The van der Waals surface area contributed by atoms with Gasteiger partial charge in [0.05, 0.1) is 11.7 Å². The van der Waals surface area contributed by atoms with Crippen molar-refractivity contribution in [2.24, 2.45) is 0 Å². The Kier molecular flexibility index (Phi) is 1.05. The van der Waals surface area contributed by atoms with Gasteiger partial charge in [0.25, 0.3) is 0 Å². The molecule has 3 rings (SSSR count). The van der Waals surface area contributed by atoms with Crippen molar-refractivity contribution < 1.29 is 0 Å². The molecule has 0 saturated carbocycles. The van der Waals surface area contributed by atoms with Crippen molar-refractivity contribution in [3.8, 4) is 0 Å². The molecule has 0 aromatic carbocycles. The Morgan fingerprint density at radius 2 is 2.38 bits per heavy atom. The van der Waals surface area contributed by atoms with Crippen LogP contribution in [-0.4, -0.2) is 24.6 Å². The Bertz CT molecular complexity index is 576. The fraction of sp³-hybridized carbons (Fsp3) is 0.125. The lowest BCUT2D eigenvalue weighted by atomic mass is 10.3. The molecule has 0 radical (unpaired) electrons. The van der Waals surface area contributed by atoms with Crippen molar-refractivity contribution in [3.05, 3.63) is 24.3 Å². The van der Waals surface area contributed by atoms with Crippen LogP contribution in [0.5, 0.6) is 0 Å². The maximum Gasteiger partial charge on any atom is 0.179 e. The molecule has 13 heavy (non-hydrogen) atoms. The molecule has 5 nitrogen and oxygen atoms in total. The molecule has 3 aromatic rings. The number of fused-ring (bicyclic) bond motifs is 3. The van der Waals surface area contributed by atoms with E-state index >= 15 is 0 Å². The second kappa shape index (κ2) is 2.07. The molecule has 3 heterocycles. The van der Waals surface area contributed by atoms with E-state index in [0.717, 1.165) is 22.4 Å². The van der Waals surface area contributed by atoms with Crippen LogP contribution < -0.4 is 0 Å². The van der Waals surface area contributed by atoms with Gasteiger partial charge < -0.3 is 4.98 Å². The van der Waals surface area contributed by atoms with Crippen LogP contribution in [0.15, 0.2) is 18.7 Å². The number of hydrogen-bond donors (Lipinski definition) is 1. The van der Waals surface area contributed by atoms with E-state index < -0.39 is 0 Å². The summed E-state index contributed by atoms with van der Waals surface area (Å²) in [5.74, 6) is 0. The number of nitrogens with one attached hydrogen (secondary N) is 1. The van der Waals surface area contributed by atoms with Gasteiger partial charge in [-0.25, -0.2) is 4.98 Å². The van der Waals surface area contributed by atoms with Crippen molar-refractivity contribution in [2.75, 3.05) is 0 Å². The standard InChI is InChI=1S/C8H7N5/c1-5-2-9-8-7(5)13-4-11-12-6(13)3-10-8/h2-4,9H,1H3. The number of aromatic amines is 1. The van der Waals surface area contributed by atoms with Crippen LogP contribution in [0.1, 0.15) is 5.56 Å². The van der Waals surface area contributed by atoms with Crippen LogP contribution >= 0.6 is 0 Å². The van der Waals surface area contributed by atoms with Gasteiger partial charge in [-0.05, 0) is 12.5 Å². The highest BCUT2D eigenvalue weighted by molar-refractivity contribution is 5.77. The van der Waals surface area contributed by atoms with Crippen LogP contribution in [0.4, 0.5) is 0 Å². The van der Waals surface area contributed by atoms with Crippen LogP contribution in [0, 0.1) is 6.92 Å². The minimum absolute atomic E-state index is 0.773. The minimum Gasteiger partial charge on any atom is -0.345 e. The Morgan fingerprint density at radius 3 is 3.31 bits per heavy atom. The average molecular weight is 173 g/mol. The highest BCUT2D eigenvalue weighted by atomic mass is 15.2. The second-order valence-electron chi connectivity index (χ2n) is 2.99. The highest BCUT2D eigenvalue weighted by Crippen LogP contribution is 2.15. The summed E-state index contributed by atoms with van der Waals surface area (Å²) in [6, 6.07) is 0. The third-order valence-corrected chi connectivity index (χ3v) is 2.15. The number of nitrogens with zero attached hydrogens (tertiary/aromatic N) is 4. The van der Waals surface area contributed by atoms with Gasteiger partial charge in [-0.15, -0.1) is 10.2 Å². The third-order valence-electron chi connectivity index (χ3n) is 2.15. The molecule has 0 atom stereocenters. The Hall–Kier alpha value is -1.91. The molecule has 0 aliphatic rings.